The van der Waals surface area contributed by atoms with Crippen LogP contribution in [0.1, 0.15) is 61.9 Å². The summed E-state index contributed by atoms with van der Waals surface area (Å²) >= 11 is 0. The second kappa shape index (κ2) is 8.19. The molecule has 6 nitrogen and oxygen atoms in total. The number of carbonyl (C=O) groups is 2. The van der Waals surface area contributed by atoms with Crippen LogP contribution in [0.5, 0.6) is 5.75 Å². The average molecular weight is 398 g/mol. The van der Waals surface area contributed by atoms with Crippen molar-refractivity contribution in [2.75, 3.05) is 6.54 Å². The predicted molar refractivity (Wildman–Crippen MR) is 112 cm³/mol. The van der Waals surface area contributed by atoms with Crippen molar-refractivity contribution in [3.8, 4) is 5.75 Å². The number of amides is 2. The number of allylic oxidation sites excluding steroid dienone is 1. The van der Waals surface area contributed by atoms with E-state index in [-0.39, 0.29) is 17.9 Å². The molecule has 1 aromatic rings. The van der Waals surface area contributed by atoms with Gasteiger partial charge in [-0.3, -0.25) is 9.59 Å². The van der Waals surface area contributed by atoms with Gasteiger partial charge in [0.15, 0.2) is 0 Å². The summed E-state index contributed by atoms with van der Waals surface area (Å²) in [4.78, 5) is 26.9. The highest BCUT2D eigenvalue weighted by Crippen LogP contribution is 2.32. The van der Waals surface area contributed by atoms with Crippen LogP contribution in [0, 0.1) is 5.92 Å². The van der Waals surface area contributed by atoms with Crippen LogP contribution in [-0.2, 0) is 11.3 Å². The van der Waals surface area contributed by atoms with Gasteiger partial charge < -0.3 is 20.3 Å². The van der Waals surface area contributed by atoms with Crippen molar-refractivity contribution in [1.82, 2.24) is 15.5 Å². The highest BCUT2D eigenvalue weighted by atomic mass is 16.5. The van der Waals surface area contributed by atoms with Gasteiger partial charge in [0.2, 0.25) is 5.91 Å². The minimum Gasteiger partial charge on any atom is -0.489 e. The summed E-state index contributed by atoms with van der Waals surface area (Å²) in [5.41, 5.74) is 2.34. The van der Waals surface area contributed by atoms with Gasteiger partial charge in [-0.2, -0.15) is 0 Å². The number of benzene rings is 1. The molecule has 2 amide bonds. The van der Waals surface area contributed by atoms with E-state index in [0.717, 1.165) is 36.4 Å². The van der Waals surface area contributed by atoms with E-state index in [0.29, 0.717) is 36.9 Å². The molecule has 156 valence electrons. The standard InChI is InChI=1S/C23H31N3O3/c1-14(2)12-24-19-5-4-6-21(19)29-17-8-9-18-16(11-17)13-26(23(18)28)20-10-7-15(3)25-22(20)27/h8-9,11,14,19-21,24H,3-7,10,12-13H2,1-2H3,(H,25,27)/t19-,20?,21+/m1/s1. The number of nitrogens with one attached hydrogen (secondary N) is 2. The zero-order valence-corrected chi connectivity index (χ0v) is 17.4. The molecule has 1 aliphatic carbocycles. The Bertz CT molecular complexity index is 820. The van der Waals surface area contributed by atoms with Crippen LogP contribution in [0.4, 0.5) is 0 Å². The van der Waals surface area contributed by atoms with Gasteiger partial charge in [0.25, 0.3) is 5.91 Å². The SMILES string of the molecule is C=C1CCC(N2Cc3cc(O[C@H]4CCC[C@H]4NCC(C)C)ccc3C2=O)C(=O)N1. The molecule has 0 radical (unpaired) electrons. The van der Waals surface area contributed by atoms with Gasteiger partial charge in [-0.1, -0.05) is 20.4 Å². The Morgan fingerprint density at radius 1 is 1.28 bits per heavy atom. The second-order valence-corrected chi connectivity index (χ2v) is 8.90. The van der Waals surface area contributed by atoms with E-state index in [1.807, 2.05) is 18.2 Å². The first-order chi connectivity index (χ1) is 13.9. The third kappa shape index (κ3) is 4.17. The lowest BCUT2D eigenvalue weighted by Gasteiger charge is -2.30. The molecular formula is C23H31N3O3. The molecule has 6 heteroatoms. The highest BCUT2D eigenvalue weighted by Gasteiger charge is 2.38. The molecule has 2 N–H and O–H groups in total. The quantitative estimate of drug-likeness (QED) is 0.774. The number of rotatable bonds is 6. The fourth-order valence-electron chi connectivity index (χ4n) is 4.57. The molecule has 3 aliphatic rings. The predicted octanol–water partition coefficient (Wildman–Crippen LogP) is 2.98. The van der Waals surface area contributed by atoms with E-state index in [1.165, 1.54) is 6.42 Å². The van der Waals surface area contributed by atoms with E-state index in [2.05, 4.69) is 31.1 Å². The molecule has 29 heavy (non-hydrogen) atoms. The van der Waals surface area contributed by atoms with E-state index in [9.17, 15) is 9.59 Å². The van der Waals surface area contributed by atoms with Gasteiger partial charge in [0.05, 0.1) is 0 Å². The van der Waals surface area contributed by atoms with Crippen molar-refractivity contribution in [3.05, 3.63) is 41.6 Å². The normalized spacial score (nSPS) is 26.8. The molecule has 1 aromatic carbocycles. The van der Waals surface area contributed by atoms with Gasteiger partial charge in [0.1, 0.15) is 17.9 Å². The minimum atomic E-state index is -0.427. The van der Waals surface area contributed by atoms with Crippen LogP contribution in [-0.4, -0.2) is 41.4 Å². The number of hydrogen-bond acceptors (Lipinski definition) is 4. The monoisotopic (exact) mass is 397 g/mol. The molecule has 1 saturated carbocycles. The van der Waals surface area contributed by atoms with Gasteiger partial charge in [-0.15, -0.1) is 0 Å². The minimum absolute atomic E-state index is 0.0726. The van der Waals surface area contributed by atoms with Crippen LogP contribution in [0.25, 0.3) is 0 Å². The maximum atomic E-state index is 12.9. The van der Waals surface area contributed by atoms with Crippen molar-refractivity contribution in [1.29, 1.82) is 0 Å². The molecule has 3 atom stereocenters. The number of nitrogens with zero attached hydrogens (tertiary/aromatic N) is 1. The highest BCUT2D eigenvalue weighted by molar-refractivity contribution is 6.01. The van der Waals surface area contributed by atoms with Crippen molar-refractivity contribution in [2.45, 2.75) is 70.7 Å². The zero-order valence-electron chi connectivity index (χ0n) is 17.4. The maximum absolute atomic E-state index is 12.9. The van der Waals surface area contributed by atoms with Gasteiger partial charge in [-0.05, 0) is 68.3 Å². The van der Waals surface area contributed by atoms with Crippen LogP contribution in [0.2, 0.25) is 0 Å². The Balaban J connectivity index is 1.43. The lowest BCUT2D eigenvalue weighted by atomic mass is 10.0. The third-order valence-corrected chi connectivity index (χ3v) is 6.14. The third-order valence-electron chi connectivity index (χ3n) is 6.14. The summed E-state index contributed by atoms with van der Waals surface area (Å²) in [7, 11) is 0. The number of hydrogen-bond donors (Lipinski definition) is 2. The average Bonchev–Trinajstić information content (AvgIpc) is 3.24. The first-order valence-corrected chi connectivity index (χ1v) is 10.7. The summed E-state index contributed by atoms with van der Waals surface area (Å²) in [6.45, 7) is 9.69. The Morgan fingerprint density at radius 2 is 2.10 bits per heavy atom. The molecular weight excluding hydrogens is 366 g/mol. The zero-order chi connectivity index (χ0) is 20.5. The second-order valence-electron chi connectivity index (χ2n) is 8.90. The van der Waals surface area contributed by atoms with Crippen molar-refractivity contribution < 1.29 is 14.3 Å². The Kier molecular flexibility index (Phi) is 5.63. The smallest absolute Gasteiger partial charge is 0.255 e. The van der Waals surface area contributed by atoms with Crippen LogP contribution >= 0.6 is 0 Å². The van der Waals surface area contributed by atoms with E-state index < -0.39 is 6.04 Å². The fraction of sp³-hybridized carbons (Fsp3) is 0.565. The molecule has 0 spiro atoms. The summed E-state index contributed by atoms with van der Waals surface area (Å²) < 4.78 is 6.31. The lowest BCUT2D eigenvalue weighted by Crippen LogP contribution is -2.49. The topological polar surface area (TPSA) is 70.7 Å². The van der Waals surface area contributed by atoms with Gasteiger partial charge in [0, 0.05) is 23.8 Å². The van der Waals surface area contributed by atoms with E-state index >= 15 is 0 Å². The van der Waals surface area contributed by atoms with Crippen molar-refractivity contribution in [3.63, 3.8) is 0 Å². The molecule has 2 fully saturated rings. The summed E-state index contributed by atoms with van der Waals surface area (Å²) in [5.74, 6) is 1.21. The molecule has 2 heterocycles. The molecule has 2 aliphatic heterocycles. The number of piperidine rings is 1. The van der Waals surface area contributed by atoms with Gasteiger partial charge >= 0.3 is 0 Å². The van der Waals surface area contributed by atoms with Crippen LogP contribution in [0.3, 0.4) is 0 Å². The Hall–Kier alpha value is -2.34. The van der Waals surface area contributed by atoms with E-state index in [1.54, 1.807) is 4.90 Å². The number of fused-ring (bicyclic) bond motifs is 1. The lowest BCUT2D eigenvalue weighted by molar-refractivity contribution is -0.126. The molecule has 0 bridgehead atoms. The number of carbonyl (C=O) groups excluding carboxylic acids is 2. The number of ether oxygens (including phenoxy) is 1. The van der Waals surface area contributed by atoms with Crippen molar-refractivity contribution >= 4 is 11.8 Å². The largest absolute Gasteiger partial charge is 0.489 e. The molecule has 0 aromatic heterocycles. The molecule has 1 unspecified atom stereocenters. The van der Waals surface area contributed by atoms with E-state index in [4.69, 9.17) is 4.74 Å². The summed E-state index contributed by atoms with van der Waals surface area (Å²) in [6, 6.07) is 5.66. The molecule has 1 saturated heterocycles. The first kappa shape index (κ1) is 20.0. The van der Waals surface area contributed by atoms with Crippen molar-refractivity contribution in [2.24, 2.45) is 5.92 Å². The maximum Gasteiger partial charge on any atom is 0.255 e. The Morgan fingerprint density at radius 3 is 2.86 bits per heavy atom. The summed E-state index contributed by atoms with van der Waals surface area (Å²) in [5, 5.41) is 6.41. The van der Waals surface area contributed by atoms with Crippen LogP contribution in [0.15, 0.2) is 30.5 Å². The fourth-order valence-corrected chi connectivity index (χ4v) is 4.57. The first-order valence-electron chi connectivity index (χ1n) is 10.7. The summed E-state index contributed by atoms with van der Waals surface area (Å²) in [6.07, 6.45) is 4.84. The molecule has 4 rings (SSSR count). The van der Waals surface area contributed by atoms with Crippen LogP contribution < -0.4 is 15.4 Å². The van der Waals surface area contributed by atoms with Gasteiger partial charge in [-0.25, -0.2) is 0 Å². The Labute approximate surface area is 172 Å².